The summed E-state index contributed by atoms with van der Waals surface area (Å²) < 4.78 is 30.3. The van der Waals surface area contributed by atoms with E-state index < -0.39 is 23.9 Å². The molecule has 1 saturated heterocycles. The van der Waals surface area contributed by atoms with Gasteiger partial charge in [0.2, 0.25) is 5.82 Å². The van der Waals surface area contributed by atoms with Gasteiger partial charge in [0.15, 0.2) is 0 Å². The molecule has 1 aliphatic heterocycles. The number of aromatic nitrogens is 4. The van der Waals surface area contributed by atoms with Crippen molar-refractivity contribution in [2.45, 2.75) is 38.6 Å². The van der Waals surface area contributed by atoms with Crippen LogP contribution in [0.1, 0.15) is 33.1 Å². The Balaban J connectivity index is 2.43. The van der Waals surface area contributed by atoms with E-state index >= 15 is 0 Å². The lowest BCUT2D eigenvalue weighted by Crippen LogP contribution is -2.52. The van der Waals surface area contributed by atoms with Crippen LogP contribution < -0.4 is 0 Å². The average Bonchev–Trinajstić information content (AvgIpc) is 2.82. The van der Waals surface area contributed by atoms with Crippen LogP contribution in [0.3, 0.4) is 0 Å². The second-order valence-electron chi connectivity index (χ2n) is 4.84. The van der Waals surface area contributed by atoms with E-state index in [2.05, 4.69) is 15.4 Å². The first kappa shape index (κ1) is 13.6. The molecular weight excluding hydrogens is 264 g/mol. The van der Waals surface area contributed by atoms with Gasteiger partial charge in [0, 0.05) is 0 Å². The van der Waals surface area contributed by atoms with Gasteiger partial charge in [-0.25, -0.2) is 4.79 Å². The predicted octanol–water partition coefficient (Wildman–Crippen LogP) is 1.03. The summed E-state index contributed by atoms with van der Waals surface area (Å²) in [6.45, 7) is 1.65. The molecule has 1 N–H and O–H groups in total. The first-order valence-electron chi connectivity index (χ1n) is 5.44. The van der Waals surface area contributed by atoms with E-state index in [4.69, 9.17) is 4.74 Å². The number of alkyl halides is 2. The molecule has 0 aliphatic carbocycles. The Morgan fingerprint density at radius 1 is 1.47 bits per heavy atom. The zero-order valence-corrected chi connectivity index (χ0v) is 10.5. The average molecular weight is 277 g/mol. The first-order chi connectivity index (χ1) is 8.68. The van der Waals surface area contributed by atoms with Crippen molar-refractivity contribution in [2.24, 2.45) is 0 Å². The van der Waals surface area contributed by atoms with Crippen LogP contribution in [-0.4, -0.2) is 48.6 Å². The summed E-state index contributed by atoms with van der Waals surface area (Å²) in [5, 5.41) is 19.5. The van der Waals surface area contributed by atoms with E-state index in [-0.39, 0.29) is 17.2 Å². The van der Waals surface area contributed by atoms with Crippen LogP contribution >= 0.6 is 0 Å². The van der Waals surface area contributed by atoms with E-state index in [0.717, 1.165) is 4.90 Å². The van der Waals surface area contributed by atoms with E-state index in [1.54, 1.807) is 13.8 Å². The summed E-state index contributed by atoms with van der Waals surface area (Å²) in [4.78, 5) is 12.5. The van der Waals surface area contributed by atoms with Gasteiger partial charge in [-0.1, -0.05) is 4.80 Å². The number of hydrogen-bond acceptors (Lipinski definition) is 5. The minimum atomic E-state index is -2.93. The van der Waals surface area contributed by atoms with Crippen molar-refractivity contribution in [3.8, 4) is 0 Å². The van der Waals surface area contributed by atoms with E-state index in [1.165, 1.54) is 6.92 Å². The number of tetrazole rings is 1. The standard InChI is InChI=1S/C9H13F2N5O3/c1-8(2)15(7(17)18)9(3,4-19-8)5-12-14-16(13-5)6(10)11/h6H,4H2,1-3H3,(H,17,18)/t9-/m0/s1. The Labute approximate surface area is 106 Å². The molecule has 1 aromatic heterocycles. The maximum absolute atomic E-state index is 12.4. The Bertz CT molecular complexity index is 506. The van der Waals surface area contributed by atoms with Crippen LogP contribution in [0.25, 0.3) is 0 Å². The molecule has 1 aliphatic rings. The third kappa shape index (κ3) is 2.01. The van der Waals surface area contributed by atoms with Gasteiger partial charge in [-0.15, -0.1) is 10.2 Å². The number of halogens is 2. The van der Waals surface area contributed by atoms with Crippen LogP contribution in [0.4, 0.5) is 13.6 Å². The van der Waals surface area contributed by atoms with Crippen molar-refractivity contribution in [2.75, 3.05) is 6.61 Å². The number of nitrogens with zero attached hydrogens (tertiary/aromatic N) is 5. The molecule has 1 aromatic rings. The lowest BCUT2D eigenvalue weighted by molar-refractivity contribution is -0.0471. The molecule has 1 fully saturated rings. The van der Waals surface area contributed by atoms with Crippen molar-refractivity contribution in [1.82, 2.24) is 25.1 Å². The maximum atomic E-state index is 12.4. The molecule has 1 amide bonds. The highest BCUT2D eigenvalue weighted by atomic mass is 19.3. The summed E-state index contributed by atoms with van der Waals surface area (Å²) in [7, 11) is 0. The molecule has 10 heteroatoms. The number of hydrogen-bond donors (Lipinski definition) is 1. The molecule has 0 bridgehead atoms. The molecule has 106 valence electrons. The monoisotopic (exact) mass is 277 g/mol. The highest BCUT2D eigenvalue weighted by Crippen LogP contribution is 2.40. The van der Waals surface area contributed by atoms with Gasteiger partial charge in [0.25, 0.3) is 0 Å². The van der Waals surface area contributed by atoms with Crippen LogP contribution in [0, 0.1) is 0 Å². The molecular formula is C9H13F2N5O3. The van der Waals surface area contributed by atoms with Gasteiger partial charge in [-0.3, -0.25) is 4.90 Å². The molecule has 2 rings (SSSR count). The molecule has 0 unspecified atom stereocenters. The fourth-order valence-corrected chi connectivity index (χ4v) is 2.17. The third-order valence-corrected chi connectivity index (χ3v) is 3.01. The Kier molecular flexibility index (Phi) is 2.92. The number of carboxylic acid groups (broad SMARTS) is 1. The zero-order chi connectivity index (χ0) is 14.4. The number of ether oxygens (including phenoxy) is 1. The first-order valence-corrected chi connectivity index (χ1v) is 5.44. The molecule has 0 aromatic carbocycles. The molecule has 19 heavy (non-hydrogen) atoms. The summed E-state index contributed by atoms with van der Waals surface area (Å²) in [6, 6.07) is 0. The summed E-state index contributed by atoms with van der Waals surface area (Å²) in [6.07, 6.45) is -1.25. The van der Waals surface area contributed by atoms with E-state index in [9.17, 15) is 18.7 Å². The lowest BCUT2D eigenvalue weighted by Gasteiger charge is -2.35. The molecule has 0 radical (unpaired) electrons. The Morgan fingerprint density at radius 3 is 2.58 bits per heavy atom. The fourth-order valence-electron chi connectivity index (χ4n) is 2.17. The highest BCUT2D eigenvalue weighted by Gasteiger charge is 2.55. The molecule has 0 saturated carbocycles. The van der Waals surface area contributed by atoms with Gasteiger partial charge >= 0.3 is 12.6 Å². The van der Waals surface area contributed by atoms with Crippen LogP contribution in [-0.2, 0) is 10.3 Å². The zero-order valence-electron chi connectivity index (χ0n) is 10.5. The minimum absolute atomic E-state index is 0.0404. The lowest BCUT2D eigenvalue weighted by atomic mass is 10.0. The fraction of sp³-hybridized carbons (Fsp3) is 0.778. The second-order valence-corrected chi connectivity index (χ2v) is 4.84. The van der Waals surface area contributed by atoms with Gasteiger partial charge in [0.1, 0.15) is 11.3 Å². The van der Waals surface area contributed by atoms with E-state index in [0.29, 0.717) is 0 Å². The minimum Gasteiger partial charge on any atom is -0.465 e. The molecule has 1 atom stereocenters. The Hall–Kier alpha value is -1.84. The van der Waals surface area contributed by atoms with Crippen molar-refractivity contribution >= 4 is 6.09 Å². The van der Waals surface area contributed by atoms with Crippen molar-refractivity contribution in [3.05, 3.63) is 5.82 Å². The molecule has 8 nitrogen and oxygen atoms in total. The SMILES string of the molecule is CC1(C)OC[C@@](C)(c2nnn(C(F)F)n2)N1C(=O)O. The summed E-state index contributed by atoms with van der Waals surface area (Å²) in [5.41, 5.74) is -2.36. The van der Waals surface area contributed by atoms with Crippen LogP contribution in [0.15, 0.2) is 0 Å². The van der Waals surface area contributed by atoms with Crippen molar-refractivity contribution in [1.29, 1.82) is 0 Å². The second kappa shape index (κ2) is 4.08. The summed E-state index contributed by atoms with van der Waals surface area (Å²) in [5.74, 6) is -0.124. The smallest absolute Gasteiger partial charge is 0.410 e. The topological polar surface area (TPSA) is 93.4 Å². The van der Waals surface area contributed by atoms with Crippen LogP contribution in [0.2, 0.25) is 0 Å². The normalized spacial score (nSPS) is 26.1. The predicted molar refractivity (Wildman–Crippen MR) is 56.3 cm³/mol. The molecule has 2 heterocycles. The van der Waals surface area contributed by atoms with Crippen molar-refractivity contribution < 1.29 is 23.4 Å². The van der Waals surface area contributed by atoms with Crippen molar-refractivity contribution in [3.63, 3.8) is 0 Å². The Morgan fingerprint density at radius 2 is 2.11 bits per heavy atom. The van der Waals surface area contributed by atoms with Crippen LogP contribution in [0.5, 0.6) is 0 Å². The quantitative estimate of drug-likeness (QED) is 0.867. The van der Waals surface area contributed by atoms with Gasteiger partial charge < -0.3 is 9.84 Å². The van der Waals surface area contributed by atoms with Gasteiger partial charge in [0.05, 0.1) is 6.61 Å². The highest BCUT2D eigenvalue weighted by molar-refractivity contribution is 5.67. The number of amides is 1. The van der Waals surface area contributed by atoms with Gasteiger partial charge in [-0.05, 0) is 26.0 Å². The maximum Gasteiger partial charge on any atom is 0.410 e. The number of rotatable bonds is 2. The van der Waals surface area contributed by atoms with E-state index in [1.807, 2.05) is 0 Å². The van der Waals surface area contributed by atoms with Gasteiger partial charge in [-0.2, -0.15) is 8.78 Å². The largest absolute Gasteiger partial charge is 0.465 e. The summed E-state index contributed by atoms with van der Waals surface area (Å²) >= 11 is 0. The molecule has 0 spiro atoms. The third-order valence-electron chi connectivity index (χ3n) is 3.01. The number of carbonyl (C=O) groups is 1.